The molecule has 1 fully saturated rings. The molecule has 0 radical (unpaired) electrons. The van der Waals surface area contributed by atoms with Crippen LogP contribution in [-0.2, 0) is 9.53 Å². The lowest BCUT2D eigenvalue weighted by atomic mass is 10.1. The van der Waals surface area contributed by atoms with Gasteiger partial charge in [0.2, 0.25) is 0 Å². The van der Waals surface area contributed by atoms with Gasteiger partial charge < -0.3 is 15.2 Å². The fraction of sp³-hybridized carbons (Fsp3) is 0.429. The molecule has 1 aliphatic heterocycles. The van der Waals surface area contributed by atoms with E-state index in [4.69, 9.17) is 9.84 Å². The number of carbonyl (C=O) groups is 2. The monoisotopic (exact) mass is 295 g/mol. The van der Waals surface area contributed by atoms with Crippen molar-refractivity contribution in [1.29, 1.82) is 0 Å². The molecule has 20 heavy (non-hydrogen) atoms. The van der Waals surface area contributed by atoms with Crippen LogP contribution in [0.15, 0.2) is 17.5 Å². The Morgan fingerprint density at radius 3 is 3.10 bits per heavy atom. The fourth-order valence-corrected chi connectivity index (χ4v) is 2.88. The first-order valence-electron chi connectivity index (χ1n) is 6.51. The lowest BCUT2D eigenvalue weighted by Crippen LogP contribution is -2.25. The third-order valence-electron chi connectivity index (χ3n) is 3.17. The highest BCUT2D eigenvalue weighted by Crippen LogP contribution is 2.19. The number of hydrogen-bond acceptors (Lipinski definition) is 4. The lowest BCUT2D eigenvalue weighted by molar-refractivity contribution is -0.131. The number of carboxylic acid groups (broad SMARTS) is 1. The second kappa shape index (κ2) is 7.21. The van der Waals surface area contributed by atoms with E-state index in [2.05, 4.69) is 5.32 Å². The highest BCUT2D eigenvalue weighted by molar-refractivity contribution is 7.12. The first kappa shape index (κ1) is 14.7. The molecule has 0 spiro atoms. The minimum atomic E-state index is -1.02. The smallest absolute Gasteiger partial charge is 0.328 e. The van der Waals surface area contributed by atoms with E-state index in [0.717, 1.165) is 32.1 Å². The molecule has 1 amide bonds. The zero-order chi connectivity index (χ0) is 14.4. The molecule has 1 saturated heterocycles. The highest BCUT2D eigenvalue weighted by Gasteiger charge is 2.16. The van der Waals surface area contributed by atoms with Crippen LogP contribution in [0.25, 0.3) is 6.08 Å². The minimum absolute atomic E-state index is 0.149. The van der Waals surface area contributed by atoms with E-state index in [9.17, 15) is 9.59 Å². The van der Waals surface area contributed by atoms with Crippen molar-refractivity contribution in [3.63, 3.8) is 0 Å². The number of carboxylic acids is 1. The van der Waals surface area contributed by atoms with E-state index >= 15 is 0 Å². The first-order valence-corrected chi connectivity index (χ1v) is 7.39. The van der Waals surface area contributed by atoms with E-state index in [0.29, 0.717) is 22.9 Å². The van der Waals surface area contributed by atoms with E-state index in [1.165, 1.54) is 17.4 Å². The summed E-state index contributed by atoms with van der Waals surface area (Å²) < 4.78 is 5.28. The number of carbonyl (C=O) groups excluding carboxylic acids is 1. The standard InChI is InChI=1S/C14H17NO4S/c16-12(17)2-1-11-5-8-20-13(11)14(18)15-6-3-10-4-7-19-9-10/h1-2,5,8,10H,3-4,6-7,9H2,(H,15,18)(H,16,17)/b2-1+. The maximum Gasteiger partial charge on any atom is 0.328 e. The van der Waals surface area contributed by atoms with Crippen molar-refractivity contribution in [2.75, 3.05) is 19.8 Å². The second-order valence-electron chi connectivity index (χ2n) is 4.65. The fourth-order valence-electron chi connectivity index (χ4n) is 2.08. The Bertz CT molecular complexity index is 503. The van der Waals surface area contributed by atoms with Gasteiger partial charge >= 0.3 is 5.97 Å². The molecule has 0 saturated carbocycles. The molecule has 1 aliphatic rings. The maximum absolute atomic E-state index is 12.0. The maximum atomic E-state index is 12.0. The van der Waals surface area contributed by atoms with Crippen LogP contribution in [-0.4, -0.2) is 36.7 Å². The lowest BCUT2D eigenvalue weighted by Gasteiger charge is -2.08. The molecule has 2 rings (SSSR count). The summed E-state index contributed by atoms with van der Waals surface area (Å²) in [6, 6.07) is 1.74. The van der Waals surface area contributed by atoms with Crippen molar-refractivity contribution >= 4 is 29.3 Å². The van der Waals surface area contributed by atoms with Crippen molar-refractivity contribution in [2.24, 2.45) is 5.92 Å². The molecule has 1 aromatic heterocycles. The number of nitrogens with one attached hydrogen (secondary N) is 1. The van der Waals surface area contributed by atoms with E-state index in [-0.39, 0.29) is 5.91 Å². The summed E-state index contributed by atoms with van der Waals surface area (Å²) in [6.07, 6.45) is 4.45. The van der Waals surface area contributed by atoms with Crippen LogP contribution in [0.5, 0.6) is 0 Å². The summed E-state index contributed by atoms with van der Waals surface area (Å²) in [7, 11) is 0. The number of ether oxygens (including phenoxy) is 1. The van der Waals surface area contributed by atoms with Gasteiger partial charge in [-0.2, -0.15) is 0 Å². The normalized spacial score (nSPS) is 18.5. The third kappa shape index (κ3) is 4.18. The van der Waals surface area contributed by atoms with Gasteiger partial charge in [-0.25, -0.2) is 4.79 Å². The summed E-state index contributed by atoms with van der Waals surface area (Å²) in [4.78, 5) is 23.1. The Morgan fingerprint density at radius 1 is 1.55 bits per heavy atom. The third-order valence-corrected chi connectivity index (χ3v) is 4.10. The molecule has 0 bridgehead atoms. The zero-order valence-electron chi connectivity index (χ0n) is 11.0. The second-order valence-corrected chi connectivity index (χ2v) is 5.57. The molecule has 1 unspecified atom stereocenters. The van der Waals surface area contributed by atoms with Crippen molar-refractivity contribution in [3.05, 3.63) is 28.0 Å². The molecular formula is C14H17NO4S. The Labute approximate surface area is 121 Å². The van der Waals surface area contributed by atoms with Crippen LogP contribution in [0.2, 0.25) is 0 Å². The summed E-state index contributed by atoms with van der Waals surface area (Å²) in [5, 5.41) is 13.3. The minimum Gasteiger partial charge on any atom is -0.478 e. The predicted octanol–water partition coefficient (Wildman–Crippen LogP) is 2.00. The van der Waals surface area contributed by atoms with Crippen LogP contribution < -0.4 is 5.32 Å². The van der Waals surface area contributed by atoms with Crippen molar-refractivity contribution < 1.29 is 19.4 Å². The van der Waals surface area contributed by atoms with E-state index in [1.807, 2.05) is 0 Å². The first-order chi connectivity index (χ1) is 9.66. The van der Waals surface area contributed by atoms with Crippen LogP contribution in [0, 0.1) is 5.92 Å². The molecule has 2 N–H and O–H groups in total. The summed E-state index contributed by atoms with van der Waals surface area (Å²) in [6.45, 7) is 2.21. The number of rotatable bonds is 6. The zero-order valence-corrected chi connectivity index (χ0v) is 11.8. The highest BCUT2D eigenvalue weighted by atomic mass is 32.1. The summed E-state index contributed by atoms with van der Waals surface area (Å²) in [5.74, 6) is -0.641. The van der Waals surface area contributed by atoms with Gasteiger partial charge in [0.25, 0.3) is 5.91 Å². The molecule has 1 aromatic rings. The molecule has 108 valence electrons. The van der Waals surface area contributed by atoms with Gasteiger partial charge in [-0.3, -0.25) is 4.79 Å². The summed E-state index contributed by atoms with van der Waals surface area (Å²) >= 11 is 1.31. The Morgan fingerprint density at radius 2 is 2.40 bits per heavy atom. The van der Waals surface area contributed by atoms with Gasteiger partial charge in [0.1, 0.15) is 0 Å². The van der Waals surface area contributed by atoms with Gasteiger partial charge in [0.05, 0.1) is 4.88 Å². The van der Waals surface area contributed by atoms with Crippen molar-refractivity contribution in [3.8, 4) is 0 Å². The molecule has 0 aliphatic carbocycles. The molecule has 2 heterocycles. The molecule has 1 atom stereocenters. The summed E-state index contributed by atoms with van der Waals surface area (Å²) in [5.41, 5.74) is 0.638. The molecule has 0 aromatic carbocycles. The molecular weight excluding hydrogens is 278 g/mol. The van der Waals surface area contributed by atoms with Gasteiger partial charge in [-0.05, 0) is 41.8 Å². The van der Waals surface area contributed by atoms with Crippen LogP contribution >= 0.6 is 11.3 Å². The number of aliphatic carboxylic acids is 1. The average Bonchev–Trinajstić information content (AvgIpc) is 3.07. The average molecular weight is 295 g/mol. The molecule has 6 heteroatoms. The quantitative estimate of drug-likeness (QED) is 0.787. The van der Waals surface area contributed by atoms with Crippen LogP contribution in [0.4, 0.5) is 0 Å². The Kier molecular flexibility index (Phi) is 5.31. The predicted molar refractivity (Wildman–Crippen MR) is 76.9 cm³/mol. The Balaban J connectivity index is 1.85. The van der Waals surface area contributed by atoms with Gasteiger partial charge in [0.15, 0.2) is 0 Å². The number of thiophene rings is 1. The SMILES string of the molecule is O=C(O)/C=C/c1ccsc1C(=O)NCCC1CCOC1. The van der Waals surface area contributed by atoms with E-state index < -0.39 is 5.97 Å². The van der Waals surface area contributed by atoms with Crippen molar-refractivity contribution in [2.45, 2.75) is 12.8 Å². The Hall–Kier alpha value is -1.66. The van der Waals surface area contributed by atoms with Gasteiger partial charge in [-0.1, -0.05) is 0 Å². The largest absolute Gasteiger partial charge is 0.478 e. The number of hydrogen-bond donors (Lipinski definition) is 2. The van der Waals surface area contributed by atoms with Crippen LogP contribution in [0.1, 0.15) is 28.1 Å². The number of amides is 1. The van der Waals surface area contributed by atoms with Crippen molar-refractivity contribution in [1.82, 2.24) is 5.32 Å². The topological polar surface area (TPSA) is 75.6 Å². The molecule has 5 nitrogen and oxygen atoms in total. The van der Waals surface area contributed by atoms with Gasteiger partial charge in [0, 0.05) is 25.8 Å². The van der Waals surface area contributed by atoms with E-state index in [1.54, 1.807) is 11.4 Å². The van der Waals surface area contributed by atoms with Gasteiger partial charge in [-0.15, -0.1) is 11.3 Å². The van der Waals surface area contributed by atoms with Crippen LogP contribution in [0.3, 0.4) is 0 Å².